The van der Waals surface area contributed by atoms with Gasteiger partial charge in [0.15, 0.2) is 21.4 Å². The highest BCUT2D eigenvalue weighted by Gasteiger charge is 2.43. The van der Waals surface area contributed by atoms with E-state index in [-0.39, 0.29) is 16.4 Å². The molecular formula is C31H29NO5S. The van der Waals surface area contributed by atoms with Crippen LogP contribution in [0.15, 0.2) is 102 Å². The van der Waals surface area contributed by atoms with Crippen LogP contribution >= 0.6 is 0 Å². The molecule has 0 atom stereocenters. The molecule has 0 aliphatic heterocycles. The average Bonchev–Trinajstić information content (AvgIpc) is 2.92. The van der Waals surface area contributed by atoms with Crippen molar-refractivity contribution in [3.8, 4) is 5.75 Å². The van der Waals surface area contributed by atoms with Gasteiger partial charge in [-0.2, -0.15) is 0 Å². The molecule has 194 valence electrons. The lowest BCUT2D eigenvalue weighted by atomic mass is 10.00. The van der Waals surface area contributed by atoms with Crippen molar-refractivity contribution in [2.45, 2.75) is 30.4 Å². The molecule has 0 spiro atoms. The van der Waals surface area contributed by atoms with E-state index in [1.54, 1.807) is 60.7 Å². The molecule has 0 aliphatic carbocycles. The molecule has 0 saturated carbocycles. The molecular weight excluding hydrogens is 498 g/mol. The van der Waals surface area contributed by atoms with E-state index < -0.39 is 20.4 Å². The van der Waals surface area contributed by atoms with Crippen molar-refractivity contribution < 1.29 is 23.1 Å². The molecule has 0 aromatic heterocycles. The fraction of sp³-hybridized carbons (Fsp3) is 0.161. The van der Waals surface area contributed by atoms with Gasteiger partial charge >= 0.3 is 0 Å². The van der Waals surface area contributed by atoms with Gasteiger partial charge in [0.05, 0.1) is 4.90 Å². The Morgan fingerprint density at radius 2 is 1.11 bits per heavy atom. The van der Waals surface area contributed by atoms with Crippen LogP contribution in [0, 0.1) is 6.92 Å². The van der Waals surface area contributed by atoms with Gasteiger partial charge < -0.3 is 10.0 Å². The number of aromatic hydroxyl groups is 1. The van der Waals surface area contributed by atoms with Gasteiger partial charge in [-0.25, -0.2) is 8.42 Å². The molecule has 0 amide bonds. The summed E-state index contributed by atoms with van der Waals surface area (Å²) in [5, 5.41) is 9.43. The highest BCUT2D eigenvalue weighted by molar-refractivity contribution is 7.93. The van der Waals surface area contributed by atoms with Crippen molar-refractivity contribution >= 4 is 32.8 Å². The first-order valence-electron chi connectivity index (χ1n) is 12.1. The quantitative estimate of drug-likeness (QED) is 0.277. The number of sulfone groups is 1. The topological polar surface area (TPSA) is 91.8 Å². The molecule has 1 N–H and O–H groups in total. The molecule has 7 heteroatoms. The summed E-state index contributed by atoms with van der Waals surface area (Å²) in [5.74, 6) is -0.530. The fourth-order valence-electron chi connectivity index (χ4n) is 4.08. The summed E-state index contributed by atoms with van der Waals surface area (Å²) in [4.78, 5) is 28.0. The van der Waals surface area contributed by atoms with E-state index in [4.69, 9.17) is 0 Å². The lowest BCUT2D eigenvalue weighted by molar-refractivity contribution is 0.0953. The third-order valence-corrected chi connectivity index (χ3v) is 9.13. The van der Waals surface area contributed by atoms with Gasteiger partial charge in [0.2, 0.25) is 0 Å². The Bertz CT molecular complexity index is 1570. The molecule has 4 aromatic carbocycles. The minimum Gasteiger partial charge on any atom is -0.508 e. The maximum Gasteiger partial charge on any atom is 0.193 e. The van der Waals surface area contributed by atoms with Crippen molar-refractivity contribution in [3.05, 3.63) is 119 Å². The van der Waals surface area contributed by atoms with Gasteiger partial charge in [-0.3, -0.25) is 9.59 Å². The SMILES string of the molecule is Cc1ccc(S(=O)(=O)C(C)(C)C(=O)c2ccc(N(C)c3ccc(C(=O)c4ccc(O)cc4)cc3)cc2)cc1. The second kappa shape index (κ2) is 10.3. The number of benzene rings is 4. The Labute approximate surface area is 223 Å². The van der Waals surface area contributed by atoms with E-state index in [1.165, 1.54) is 38.1 Å². The number of phenols is 1. The molecule has 0 fully saturated rings. The molecule has 0 aliphatic rings. The van der Waals surface area contributed by atoms with Gasteiger partial charge in [0.1, 0.15) is 10.5 Å². The number of hydrogen-bond acceptors (Lipinski definition) is 6. The van der Waals surface area contributed by atoms with Gasteiger partial charge in [-0.1, -0.05) is 17.7 Å². The monoisotopic (exact) mass is 527 g/mol. The fourth-order valence-corrected chi connectivity index (χ4v) is 5.53. The minimum absolute atomic E-state index is 0.0997. The van der Waals surface area contributed by atoms with Crippen LogP contribution in [0.1, 0.15) is 45.7 Å². The predicted octanol–water partition coefficient (Wildman–Crippen LogP) is 6.13. The number of aryl methyl sites for hydroxylation is 1. The summed E-state index contributed by atoms with van der Waals surface area (Å²) >= 11 is 0. The summed E-state index contributed by atoms with van der Waals surface area (Å²) in [6, 6.07) is 26.5. The first kappa shape index (κ1) is 26.8. The Morgan fingerprint density at radius 1 is 0.684 bits per heavy atom. The number of rotatable bonds is 8. The largest absolute Gasteiger partial charge is 0.508 e. The highest BCUT2D eigenvalue weighted by atomic mass is 32.2. The Morgan fingerprint density at radius 3 is 1.58 bits per heavy atom. The van der Waals surface area contributed by atoms with E-state index in [1.807, 2.05) is 31.0 Å². The molecule has 0 saturated heterocycles. The molecule has 4 rings (SSSR count). The second-order valence-corrected chi connectivity index (χ2v) is 12.2. The third-order valence-electron chi connectivity index (χ3n) is 6.71. The van der Waals surface area contributed by atoms with Crippen molar-refractivity contribution in [1.82, 2.24) is 0 Å². The molecule has 0 radical (unpaired) electrons. The zero-order valence-corrected chi connectivity index (χ0v) is 22.5. The normalized spacial score (nSPS) is 11.7. The van der Waals surface area contributed by atoms with Gasteiger partial charge in [-0.15, -0.1) is 0 Å². The van der Waals surface area contributed by atoms with Crippen LogP contribution in [0.4, 0.5) is 11.4 Å². The van der Waals surface area contributed by atoms with Crippen LogP contribution < -0.4 is 4.90 Å². The molecule has 4 aromatic rings. The maximum atomic E-state index is 13.3. The average molecular weight is 528 g/mol. The summed E-state index contributed by atoms with van der Waals surface area (Å²) in [6.07, 6.45) is 0. The highest BCUT2D eigenvalue weighted by Crippen LogP contribution is 2.31. The Kier molecular flexibility index (Phi) is 7.24. The molecule has 38 heavy (non-hydrogen) atoms. The van der Waals surface area contributed by atoms with Crippen molar-refractivity contribution in [1.29, 1.82) is 0 Å². The lowest BCUT2D eigenvalue weighted by Crippen LogP contribution is -2.40. The number of hydrogen-bond donors (Lipinski definition) is 1. The summed E-state index contributed by atoms with van der Waals surface area (Å²) in [6.45, 7) is 4.74. The Hall–Kier alpha value is -4.23. The molecule has 6 nitrogen and oxygen atoms in total. The van der Waals surface area contributed by atoms with Crippen molar-refractivity contribution in [2.75, 3.05) is 11.9 Å². The van der Waals surface area contributed by atoms with E-state index in [2.05, 4.69) is 0 Å². The number of anilines is 2. The third kappa shape index (κ3) is 5.10. The van der Waals surface area contributed by atoms with Crippen LogP contribution in [0.3, 0.4) is 0 Å². The van der Waals surface area contributed by atoms with Crippen molar-refractivity contribution in [2.24, 2.45) is 0 Å². The van der Waals surface area contributed by atoms with E-state index in [0.717, 1.165) is 16.9 Å². The first-order chi connectivity index (χ1) is 17.9. The molecule has 0 bridgehead atoms. The second-order valence-electron chi connectivity index (χ2n) is 9.68. The standard InChI is InChI=1S/C31H29NO5S/c1-21-5-19-28(20-6-21)38(36,37)31(2,3)30(35)24-9-15-26(16-10-24)32(4)25-13-7-22(8-14-25)29(34)23-11-17-27(33)18-12-23/h5-20,33H,1-4H3. The molecule has 0 unspecified atom stereocenters. The number of carbonyl (C=O) groups excluding carboxylic acids is 2. The van der Waals surface area contributed by atoms with Crippen LogP contribution in [0.5, 0.6) is 5.75 Å². The number of ketones is 2. The van der Waals surface area contributed by atoms with Crippen LogP contribution in [-0.4, -0.2) is 36.9 Å². The van der Waals surface area contributed by atoms with E-state index in [9.17, 15) is 23.1 Å². The smallest absolute Gasteiger partial charge is 0.193 e. The van der Waals surface area contributed by atoms with Crippen LogP contribution in [0.2, 0.25) is 0 Å². The maximum absolute atomic E-state index is 13.3. The number of carbonyl (C=O) groups is 2. The number of nitrogens with zero attached hydrogens (tertiary/aromatic N) is 1. The lowest BCUT2D eigenvalue weighted by Gasteiger charge is -2.24. The van der Waals surface area contributed by atoms with Crippen LogP contribution in [-0.2, 0) is 9.84 Å². The van der Waals surface area contributed by atoms with E-state index >= 15 is 0 Å². The predicted molar refractivity (Wildman–Crippen MR) is 149 cm³/mol. The van der Waals surface area contributed by atoms with Crippen molar-refractivity contribution in [3.63, 3.8) is 0 Å². The van der Waals surface area contributed by atoms with Gasteiger partial charge in [0, 0.05) is 35.1 Å². The van der Waals surface area contributed by atoms with E-state index in [0.29, 0.717) is 16.7 Å². The summed E-state index contributed by atoms with van der Waals surface area (Å²) in [7, 11) is -2.04. The van der Waals surface area contributed by atoms with Gasteiger partial charge in [-0.05, 0) is 106 Å². The minimum atomic E-state index is -3.91. The molecule has 0 heterocycles. The number of Topliss-reactive ketones (excluding diaryl/α,β-unsaturated/α-hetero) is 1. The first-order valence-corrected chi connectivity index (χ1v) is 13.5. The Balaban J connectivity index is 1.51. The van der Waals surface area contributed by atoms with Crippen LogP contribution in [0.25, 0.3) is 0 Å². The van der Waals surface area contributed by atoms with Gasteiger partial charge in [0.25, 0.3) is 0 Å². The zero-order chi connectivity index (χ0) is 27.7. The summed E-state index contributed by atoms with van der Waals surface area (Å²) in [5.41, 5.74) is 3.86. The summed E-state index contributed by atoms with van der Waals surface area (Å²) < 4.78 is 24.9. The zero-order valence-electron chi connectivity index (χ0n) is 21.7. The number of phenolic OH excluding ortho intramolecular Hbond substituents is 1.